The maximum absolute atomic E-state index is 14.0. The Labute approximate surface area is 135 Å². The van der Waals surface area contributed by atoms with Crippen LogP contribution in [-0.4, -0.2) is 5.11 Å². The van der Waals surface area contributed by atoms with Gasteiger partial charge in [0.25, 0.3) is 0 Å². The molecule has 1 N–H and O–H groups in total. The summed E-state index contributed by atoms with van der Waals surface area (Å²) in [5.41, 5.74) is 0.877. The van der Waals surface area contributed by atoms with Crippen molar-refractivity contribution in [2.75, 3.05) is 0 Å². The monoisotopic (exact) mass is 364 g/mol. The lowest BCUT2D eigenvalue weighted by Gasteiger charge is -2.16. The molecule has 0 amide bonds. The first-order valence-electron chi connectivity index (χ1n) is 6.38. The van der Waals surface area contributed by atoms with Crippen molar-refractivity contribution < 1.29 is 9.50 Å². The van der Waals surface area contributed by atoms with Crippen LogP contribution in [0.2, 0.25) is 5.02 Å². The van der Waals surface area contributed by atoms with Crippen molar-refractivity contribution in [1.82, 2.24) is 0 Å². The van der Waals surface area contributed by atoms with Gasteiger partial charge in [0.05, 0.1) is 0 Å². The summed E-state index contributed by atoms with van der Waals surface area (Å²) in [7, 11) is 0. The molecule has 3 rings (SSSR count). The fourth-order valence-electron chi connectivity index (χ4n) is 2.41. The summed E-state index contributed by atoms with van der Waals surface area (Å²) in [6.45, 7) is 0. The third-order valence-electron chi connectivity index (χ3n) is 3.46. The molecule has 1 nitrogen and oxygen atoms in total. The molecule has 0 aromatic heterocycles. The number of rotatable bonds is 2. The lowest BCUT2D eigenvalue weighted by atomic mass is 9.95. The highest BCUT2D eigenvalue weighted by Gasteiger charge is 2.18. The number of halogens is 3. The van der Waals surface area contributed by atoms with E-state index in [0.29, 0.717) is 10.6 Å². The zero-order valence-electron chi connectivity index (χ0n) is 10.9. The summed E-state index contributed by atoms with van der Waals surface area (Å²) in [5, 5.41) is 12.7. The quantitative estimate of drug-likeness (QED) is 0.638. The number of hydrogen-bond donors (Lipinski definition) is 1. The van der Waals surface area contributed by atoms with E-state index < -0.39 is 11.9 Å². The van der Waals surface area contributed by atoms with Crippen LogP contribution in [0.25, 0.3) is 10.8 Å². The maximum Gasteiger partial charge on any atom is 0.130 e. The van der Waals surface area contributed by atoms with Crippen molar-refractivity contribution in [3.05, 3.63) is 81.0 Å². The summed E-state index contributed by atoms with van der Waals surface area (Å²) >= 11 is 9.24. The van der Waals surface area contributed by atoms with Crippen LogP contribution in [0.15, 0.2) is 59.1 Å². The van der Waals surface area contributed by atoms with Crippen LogP contribution in [0.1, 0.15) is 17.2 Å². The number of aliphatic hydroxyl groups is 1. The van der Waals surface area contributed by atoms with Crippen molar-refractivity contribution >= 4 is 38.3 Å². The SMILES string of the molecule is OC(c1ccc(Cl)cc1F)c1ccc(Br)c2ccccc12. The molecule has 0 radical (unpaired) electrons. The Morgan fingerprint density at radius 3 is 2.33 bits per heavy atom. The second kappa shape index (κ2) is 5.76. The first-order valence-corrected chi connectivity index (χ1v) is 7.55. The molecule has 1 atom stereocenters. The van der Waals surface area contributed by atoms with E-state index in [1.54, 1.807) is 12.1 Å². The number of aliphatic hydroxyl groups excluding tert-OH is 1. The predicted octanol–water partition coefficient (Wildman–Crippen LogP) is 5.48. The molecule has 3 aromatic rings. The second-order valence-electron chi connectivity index (χ2n) is 4.75. The van der Waals surface area contributed by atoms with Gasteiger partial charge in [0.2, 0.25) is 0 Å². The van der Waals surface area contributed by atoms with Crippen LogP contribution in [0.3, 0.4) is 0 Å². The third kappa shape index (κ3) is 2.69. The third-order valence-corrected chi connectivity index (χ3v) is 4.38. The van der Waals surface area contributed by atoms with Crippen LogP contribution < -0.4 is 0 Å². The molecular formula is C17H11BrClFO. The molecule has 0 heterocycles. The minimum absolute atomic E-state index is 0.215. The van der Waals surface area contributed by atoms with Crippen LogP contribution in [0.4, 0.5) is 4.39 Å². The Bertz CT molecular complexity index is 819. The average Bonchev–Trinajstić information content (AvgIpc) is 2.47. The Morgan fingerprint density at radius 2 is 1.62 bits per heavy atom. The first kappa shape index (κ1) is 14.5. The van der Waals surface area contributed by atoms with Gasteiger partial charge in [-0.15, -0.1) is 0 Å². The maximum atomic E-state index is 14.0. The van der Waals surface area contributed by atoms with Gasteiger partial charge in [0, 0.05) is 15.1 Å². The first-order chi connectivity index (χ1) is 10.1. The molecule has 3 aromatic carbocycles. The normalized spacial score (nSPS) is 12.6. The van der Waals surface area contributed by atoms with Gasteiger partial charge in [-0.3, -0.25) is 0 Å². The molecule has 0 saturated carbocycles. The van der Waals surface area contributed by atoms with Gasteiger partial charge in [0.15, 0.2) is 0 Å². The van der Waals surface area contributed by atoms with Crippen LogP contribution in [-0.2, 0) is 0 Å². The molecule has 0 aliphatic rings. The van der Waals surface area contributed by atoms with Crippen LogP contribution >= 0.6 is 27.5 Å². The highest BCUT2D eigenvalue weighted by Crippen LogP contribution is 2.34. The fourth-order valence-corrected chi connectivity index (χ4v) is 3.05. The van der Waals surface area contributed by atoms with E-state index in [-0.39, 0.29) is 5.56 Å². The average molecular weight is 366 g/mol. The summed E-state index contributed by atoms with van der Waals surface area (Å²) in [6, 6.07) is 15.6. The standard InChI is InChI=1S/C17H11BrClFO/c18-15-8-7-13(11-3-1-2-4-12(11)15)17(21)14-6-5-10(19)9-16(14)20/h1-9,17,21H. The zero-order chi connectivity index (χ0) is 15.0. The van der Waals surface area contributed by atoms with Gasteiger partial charge in [-0.1, -0.05) is 63.9 Å². The molecular weight excluding hydrogens is 355 g/mol. The Kier molecular flexibility index (Phi) is 3.98. The Hall–Kier alpha value is -1.42. The Balaban J connectivity index is 2.18. The van der Waals surface area contributed by atoms with Gasteiger partial charge in [-0.05, 0) is 34.5 Å². The molecule has 0 fully saturated rings. The minimum atomic E-state index is -1.04. The minimum Gasteiger partial charge on any atom is -0.384 e. The van der Waals surface area contributed by atoms with Crippen LogP contribution in [0, 0.1) is 5.82 Å². The highest BCUT2D eigenvalue weighted by atomic mass is 79.9. The van der Waals surface area contributed by atoms with Crippen molar-refractivity contribution in [3.8, 4) is 0 Å². The molecule has 0 saturated heterocycles. The van der Waals surface area contributed by atoms with E-state index in [4.69, 9.17) is 11.6 Å². The van der Waals surface area contributed by atoms with Gasteiger partial charge in [0.1, 0.15) is 11.9 Å². The van der Waals surface area contributed by atoms with Crippen molar-refractivity contribution in [2.45, 2.75) is 6.10 Å². The highest BCUT2D eigenvalue weighted by molar-refractivity contribution is 9.10. The smallest absolute Gasteiger partial charge is 0.130 e. The number of hydrogen-bond acceptors (Lipinski definition) is 1. The summed E-state index contributed by atoms with van der Waals surface area (Å²) in [4.78, 5) is 0. The topological polar surface area (TPSA) is 20.2 Å². The number of benzene rings is 3. The van der Waals surface area contributed by atoms with E-state index in [9.17, 15) is 9.50 Å². The molecule has 0 bridgehead atoms. The summed E-state index contributed by atoms with van der Waals surface area (Å²) < 4.78 is 14.9. The van der Waals surface area contributed by atoms with Crippen molar-refractivity contribution in [2.24, 2.45) is 0 Å². The molecule has 1 unspecified atom stereocenters. The zero-order valence-corrected chi connectivity index (χ0v) is 13.2. The Morgan fingerprint density at radius 1 is 0.952 bits per heavy atom. The lowest BCUT2D eigenvalue weighted by Crippen LogP contribution is -2.03. The van der Waals surface area contributed by atoms with E-state index >= 15 is 0 Å². The molecule has 0 aliphatic heterocycles. The van der Waals surface area contributed by atoms with E-state index in [1.807, 2.05) is 30.3 Å². The van der Waals surface area contributed by atoms with Crippen LogP contribution in [0.5, 0.6) is 0 Å². The van der Waals surface area contributed by atoms with Gasteiger partial charge >= 0.3 is 0 Å². The largest absolute Gasteiger partial charge is 0.384 e. The fraction of sp³-hybridized carbons (Fsp3) is 0.0588. The van der Waals surface area contributed by atoms with Gasteiger partial charge in [-0.25, -0.2) is 4.39 Å². The molecule has 21 heavy (non-hydrogen) atoms. The second-order valence-corrected chi connectivity index (χ2v) is 6.04. The molecule has 0 spiro atoms. The summed E-state index contributed by atoms with van der Waals surface area (Å²) in [6.07, 6.45) is -1.04. The van der Waals surface area contributed by atoms with E-state index in [1.165, 1.54) is 12.1 Å². The number of fused-ring (bicyclic) bond motifs is 1. The molecule has 4 heteroatoms. The van der Waals surface area contributed by atoms with E-state index in [2.05, 4.69) is 15.9 Å². The molecule has 106 valence electrons. The van der Waals surface area contributed by atoms with E-state index in [0.717, 1.165) is 15.2 Å². The predicted molar refractivity (Wildman–Crippen MR) is 87.1 cm³/mol. The lowest BCUT2D eigenvalue weighted by molar-refractivity contribution is 0.216. The van der Waals surface area contributed by atoms with Crippen molar-refractivity contribution in [1.29, 1.82) is 0 Å². The van der Waals surface area contributed by atoms with Gasteiger partial charge in [-0.2, -0.15) is 0 Å². The van der Waals surface area contributed by atoms with Crippen molar-refractivity contribution in [3.63, 3.8) is 0 Å². The summed E-state index contributed by atoms with van der Waals surface area (Å²) in [5.74, 6) is -0.512. The van der Waals surface area contributed by atoms with Gasteiger partial charge < -0.3 is 5.11 Å². The molecule has 0 aliphatic carbocycles.